The maximum atomic E-state index is 6.36. The number of hydrogen-bond acceptors (Lipinski definition) is 3. The third kappa shape index (κ3) is 3.54. The lowest BCUT2D eigenvalue weighted by Gasteiger charge is -2.21. The molecule has 1 aliphatic rings. The van der Waals surface area contributed by atoms with E-state index in [9.17, 15) is 0 Å². The molecule has 8 aromatic carbocycles. The maximum Gasteiger partial charge on any atom is 0.235 e. The molecule has 0 saturated heterocycles. The van der Waals surface area contributed by atoms with E-state index in [1.54, 1.807) is 0 Å². The zero-order valence-corrected chi connectivity index (χ0v) is 27.2. The van der Waals surface area contributed by atoms with E-state index in [0.717, 1.165) is 61.4 Å². The molecule has 0 unspecified atom stereocenters. The minimum absolute atomic E-state index is 0.635. The standard InChI is InChI=1S/C46H26N4O/c1-2-12-28(13-3-1)49-36-18-8-6-15-32(36)42-38(49)26-24-34-41-31-22-21-27-11-4-5-14-29(27)30(31)23-25-37(41)50(45(34)42)46-47-35-17-10-20-40-43(35)44(48-46)33-16-7-9-19-39(33)51-40/h1-26H. The number of fused-ring (bicyclic) bond motifs is 13. The summed E-state index contributed by atoms with van der Waals surface area (Å²) in [6, 6.07) is 55.9. The van der Waals surface area contributed by atoms with E-state index < -0.39 is 0 Å². The summed E-state index contributed by atoms with van der Waals surface area (Å²) in [6.45, 7) is 0. The van der Waals surface area contributed by atoms with Gasteiger partial charge >= 0.3 is 0 Å². The van der Waals surface area contributed by atoms with Gasteiger partial charge in [0.1, 0.15) is 11.5 Å². The minimum atomic E-state index is 0.635. The van der Waals surface area contributed by atoms with Crippen LogP contribution < -0.4 is 4.74 Å². The smallest absolute Gasteiger partial charge is 0.235 e. The molecule has 0 amide bonds. The van der Waals surface area contributed by atoms with Gasteiger partial charge in [0.2, 0.25) is 5.95 Å². The molecule has 0 N–H and O–H groups in total. The van der Waals surface area contributed by atoms with Crippen LogP contribution in [0.25, 0.3) is 99.0 Å². The molecule has 3 aromatic heterocycles. The van der Waals surface area contributed by atoms with E-state index >= 15 is 0 Å². The Labute approximate surface area is 291 Å². The molecule has 236 valence electrons. The lowest BCUT2D eigenvalue weighted by atomic mass is 9.98. The Kier molecular flexibility index (Phi) is 5.17. The number of nitrogens with zero attached hydrogens (tertiary/aromatic N) is 4. The zero-order valence-electron chi connectivity index (χ0n) is 27.2. The van der Waals surface area contributed by atoms with Gasteiger partial charge in [0.25, 0.3) is 0 Å². The maximum absolute atomic E-state index is 6.36. The van der Waals surface area contributed by atoms with Gasteiger partial charge in [0.05, 0.1) is 38.7 Å². The van der Waals surface area contributed by atoms with E-state index in [2.05, 4.69) is 137 Å². The van der Waals surface area contributed by atoms with Crippen LogP contribution >= 0.6 is 0 Å². The SMILES string of the molecule is c1ccc(-n2c3ccccc3c3c2ccc2c4c5ccc6ccccc6c5ccc4n(-c4nc5c6c(cccc6n4)Oc4ccccc4-5)c23)cc1. The van der Waals surface area contributed by atoms with Gasteiger partial charge in [0, 0.05) is 32.8 Å². The van der Waals surface area contributed by atoms with Gasteiger partial charge in [-0.2, -0.15) is 0 Å². The second kappa shape index (κ2) is 9.80. The third-order valence-corrected chi connectivity index (χ3v) is 10.7. The first kappa shape index (κ1) is 26.9. The fraction of sp³-hybridized carbons (Fsp3) is 0. The van der Waals surface area contributed by atoms with Gasteiger partial charge in [-0.3, -0.25) is 4.57 Å². The van der Waals surface area contributed by atoms with Crippen LogP contribution in [0.2, 0.25) is 0 Å². The Morgan fingerprint density at radius 3 is 2.06 bits per heavy atom. The molecule has 5 heteroatoms. The summed E-state index contributed by atoms with van der Waals surface area (Å²) >= 11 is 0. The quantitative estimate of drug-likeness (QED) is 0.175. The monoisotopic (exact) mass is 650 g/mol. The molecular weight excluding hydrogens is 625 g/mol. The molecule has 1 aliphatic heterocycles. The first-order valence-electron chi connectivity index (χ1n) is 17.3. The number of benzene rings is 8. The summed E-state index contributed by atoms with van der Waals surface area (Å²) in [6.07, 6.45) is 0. The van der Waals surface area contributed by atoms with E-state index in [0.29, 0.717) is 5.95 Å². The van der Waals surface area contributed by atoms with Crippen LogP contribution in [-0.4, -0.2) is 19.1 Å². The molecule has 0 spiro atoms. The first-order chi connectivity index (χ1) is 25.3. The number of para-hydroxylation sites is 3. The largest absolute Gasteiger partial charge is 0.456 e. The number of rotatable bonds is 2. The summed E-state index contributed by atoms with van der Waals surface area (Å²) in [5.41, 5.74) is 8.28. The summed E-state index contributed by atoms with van der Waals surface area (Å²) in [5.74, 6) is 2.22. The lowest BCUT2D eigenvalue weighted by molar-refractivity contribution is 0.486. The predicted octanol–water partition coefficient (Wildman–Crippen LogP) is 11.9. The van der Waals surface area contributed by atoms with Crippen LogP contribution in [0.5, 0.6) is 11.5 Å². The Balaban J connectivity index is 1.31. The van der Waals surface area contributed by atoms with Gasteiger partial charge in [-0.1, -0.05) is 103 Å². The molecule has 0 radical (unpaired) electrons. The Morgan fingerprint density at radius 1 is 0.412 bits per heavy atom. The van der Waals surface area contributed by atoms with Gasteiger partial charge in [0.15, 0.2) is 0 Å². The zero-order chi connectivity index (χ0) is 33.2. The van der Waals surface area contributed by atoms with E-state index in [4.69, 9.17) is 14.7 Å². The Bertz CT molecular complexity index is 3280. The highest BCUT2D eigenvalue weighted by Gasteiger charge is 2.27. The van der Waals surface area contributed by atoms with Crippen molar-refractivity contribution in [3.05, 3.63) is 158 Å². The first-order valence-corrected chi connectivity index (χ1v) is 17.3. The molecular formula is C46H26N4O. The van der Waals surface area contributed by atoms with Crippen LogP contribution in [0.15, 0.2) is 158 Å². The predicted molar refractivity (Wildman–Crippen MR) is 209 cm³/mol. The van der Waals surface area contributed by atoms with Gasteiger partial charge in [-0.25, -0.2) is 9.97 Å². The summed E-state index contributed by atoms with van der Waals surface area (Å²) < 4.78 is 11.1. The summed E-state index contributed by atoms with van der Waals surface area (Å²) in [5, 5.41) is 10.6. The fourth-order valence-corrected chi connectivity index (χ4v) is 8.59. The fourth-order valence-electron chi connectivity index (χ4n) is 8.59. The van der Waals surface area contributed by atoms with Crippen LogP contribution in [-0.2, 0) is 0 Å². The molecule has 4 heterocycles. The van der Waals surface area contributed by atoms with Gasteiger partial charge in [-0.15, -0.1) is 0 Å². The summed E-state index contributed by atoms with van der Waals surface area (Å²) in [4.78, 5) is 10.8. The topological polar surface area (TPSA) is 44.9 Å². The van der Waals surface area contributed by atoms with Crippen molar-refractivity contribution in [2.24, 2.45) is 0 Å². The second-order valence-corrected chi connectivity index (χ2v) is 13.3. The molecule has 51 heavy (non-hydrogen) atoms. The van der Waals surface area contributed by atoms with E-state index in [1.165, 1.54) is 43.1 Å². The number of aromatic nitrogens is 4. The summed E-state index contributed by atoms with van der Waals surface area (Å²) in [7, 11) is 0. The molecule has 0 bridgehead atoms. The molecule has 0 aliphatic carbocycles. The normalized spacial score (nSPS) is 12.5. The van der Waals surface area contributed by atoms with Crippen molar-refractivity contribution in [3.63, 3.8) is 0 Å². The molecule has 0 fully saturated rings. The number of hydrogen-bond donors (Lipinski definition) is 0. The molecule has 0 atom stereocenters. The van der Waals surface area contributed by atoms with Crippen molar-refractivity contribution in [2.75, 3.05) is 0 Å². The average Bonchev–Trinajstić information content (AvgIpc) is 3.71. The van der Waals surface area contributed by atoms with Crippen molar-refractivity contribution in [2.45, 2.75) is 0 Å². The lowest BCUT2D eigenvalue weighted by Crippen LogP contribution is -2.06. The average molecular weight is 651 g/mol. The highest BCUT2D eigenvalue weighted by Crippen LogP contribution is 2.47. The van der Waals surface area contributed by atoms with E-state index in [1.807, 2.05) is 30.3 Å². The van der Waals surface area contributed by atoms with Crippen LogP contribution in [0.3, 0.4) is 0 Å². The van der Waals surface area contributed by atoms with Crippen molar-refractivity contribution >= 4 is 76.1 Å². The van der Waals surface area contributed by atoms with Crippen LogP contribution in [0.4, 0.5) is 0 Å². The molecule has 0 saturated carbocycles. The van der Waals surface area contributed by atoms with Crippen molar-refractivity contribution in [3.8, 4) is 34.4 Å². The highest BCUT2D eigenvalue weighted by molar-refractivity contribution is 6.31. The highest BCUT2D eigenvalue weighted by atomic mass is 16.5. The van der Waals surface area contributed by atoms with Crippen molar-refractivity contribution < 1.29 is 4.74 Å². The van der Waals surface area contributed by atoms with Crippen LogP contribution in [0, 0.1) is 0 Å². The molecule has 12 rings (SSSR count). The van der Waals surface area contributed by atoms with Crippen molar-refractivity contribution in [1.82, 2.24) is 19.1 Å². The van der Waals surface area contributed by atoms with E-state index in [-0.39, 0.29) is 0 Å². The Hall–Kier alpha value is -6.98. The minimum Gasteiger partial charge on any atom is -0.456 e. The molecule has 5 nitrogen and oxygen atoms in total. The Morgan fingerprint density at radius 2 is 1.14 bits per heavy atom. The van der Waals surface area contributed by atoms with Gasteiger partial charge in [-0.05, 0) is 76.1 Å². The van der Waals surface area contributed by atoms with Crippen molar-refractivity contribution in [1.29, 1.82) is 0 Å². The number of ether oxygens (including phenoxy) is 1. The third-order valence-electron chi connectivity index (χ3n) is 10.7. The van der Waals surface area contributed by atoms with Gasteiger partial charge < -0.3 is 9.30 Å². The molecule has 11 aromatic rings. The second-order valence-electron chi connectivity index (χ2n) is 13.3. The van der Waals surface area contributed by atoms with Crippen LogP contribution in [0.1, 0.15) is 0 Å².